The molecule has 3 rings (SSSR count). The molecule has 0 atom stereocenters. The van der Waals surface area contributed by atoms with E-state index in [9.17, 15) is 9.59 Å². The molecule has 1 aromatic carbocycles. The van der Waals surface area contributed by atoms with Crippen LogP contribution in [0.3, 0.4) is 0 Å². The van der Waals surface area contributed by atoms with Crippen molar-refractivity contribution in [1.29, 1.82) is 0 Å². The van der Waals surface area contributed by atoms with Gasteiger partial charge in [-0.3, -0.25) is 9.59 Å². The van der Waals surface area contributed by atoms with Crippen LogP contribution in [0.4, 0.5) is 0 Å². The third-order valence-corrected chi connectivity index (χ3v) is 4.51. The summed E-state index contributed by atoms with van der Waals surface area (Å²) in [6.45, 7) is 2.53. The van der Waals surface area contributed by atoms with Crippen LogP contribution >= 0.6 is 11.3 Å². The lowest BCUT2D eigenvalue weighted by molar-refractivity contribution is 0.0949. The van der Waals surface area contributed by atoms with Gasteiger partial charge >= 0.3 is 0 Å². The highest BCUT2D eigenvalue weighted by Crippen LogP contribution is 2.13. The van der Waals surface area contributed by atoms with Crippen molar-refractivity contribution in [2.75, 3.05) is 0 Å². The van der Waals surface area contributed by atoms with Crippen LogP contribution in [-0.2, 0) is 6.54 Å². The molecule has 6 nitrogen and oxygen atoms in total. The first kappa shape index (κ1) is 17.0. The van der Waals surface area contributed by atoms with Gasteiger partial charge in [-0.1, -0.05) is 37.6 Å². The molecule has 0 fully saturated rings. The maximum Gasteiger partial charge on any atom is 0.292 e. The SMILES string of the molecule is CCCCn1nc(C(=O)N/N=C\c2cccs2)c2ccccc2c1=O. The van der Waals surface area contributed by atoms with E-state index in [1.807, 2.05) is 24.4 Å². The zero-order valence-electron chi connectivity index (χ0n) is 13.8. The van der Waals surface area contributed by atoms with Crippen molar-refractivity contribution in [3.63, 3.8) is 0 Å². The fraction of sp³-hybridized carbons (Fsp3) is 0.222. The Balaban J connectivity index is 1.94. The summed E-state index contributed by atoms with van der Waals surface area (Å²) in [5, 5.41) is 11.2. The number of nitrogens with zero attached hydrogens (tertiary/aromatic N) is 3. The first-order chi connectivity index (χ1) is 12.2. The summed E-state index contributed by atoms with van der Waals surface area (Å²) in [7, 11) is 0. The van der Waals surface area contributed by atoms with E-state index in [1.54, 1.807) is 30.5 Å². The number of carbonyl (C=O) groups excluding carboxylic acids is 1. The van der Waals surface area contributed by atoms with Gasteiger partial charge in [0.15, 0.2) is 5.69 Å². The number of hydrazone groups is 1. The molecule has 2 heterocycles. The lowest BCUT2D eigenvalue weighted by atomic mass is 10.1. The molecule has 25 heavy (non-hydrogen) atoms. The van der Waals surface area contributed by atoms with E-state index in [2.05, 4.69) is 15.6 Å². The second kappa shape index (κ2) is 7.85. The molecule has 3 aromatic rings. The molecular formula is C18H18N4O2S. The quantitative estimate of drug-likeness (QED) is 0.546. The van der Waals surface area contributed by atoms with E-state index >= 15 is 0 Å². The molecule has 0 aliphatic rings. The van der Waals surface area contributed by atoms with Crippen molar-refractivity contribution >= 4 is 34.2 Å². The number of thiophene rings is 1. The van der Waals surface area contributed by atoms with Gasteiger partial charge in [-0.15, -0.1) is 11.3 Å². The van der Waals surface area contributed by atoms with Gasteiger partial charge in [-0.05, 0) is 23.9 Å². The van der Waals surface area contributed by atoms with E-state index in [4.69, 9.17) is 0 Å². The molecule has 1 amide bonds. The van der Waals surface area contributed by atoms with Gasteiger partial charge in [0.25, 0.3) is 11.5 Å². The van der Waals surface area contributed by atoms with Crippen molar-refractivity contribution < 1.29 is 4.79 Å². The van der Waals surface area contributed by atoms with Crippen LogP contribution in [0, 0.1) is 0 Å². The minimum Gasteiger partial charge on any atom is -0.267 e. The van der Waals surface area contributed by atoms with Gasteiger partial charge in [-0.25, -0.2) is 10.1 Å². The fourth-order valence-corrected chi connectivity index (χ4v) is 3.02. The first-order valence-electron chi connectivity index (χ1n) is 8.07. The number of fused-ring (bicyclic) bond motifs is 1. The molecule has 7 heteroatoms. The topological polar surface area (TPSA) is 76.3 Å². The summed E-state index contributed by atoms with van der Waals surface area (Å²) in [6, 6.07) is 10.8. The average Bonchev–Trinajstić information content (AvgIpc) is 3.14. The molecule has 0 saturated heterocycles. The fourth-order valence-electron chi connectivity index (χ4n) is 2.43. The number of rotatable bonds is 6. The van der Waals surface area contributed by atoms with Gasteiger partial charge in [0.05, 0.1) is 11.6 Å². The van der Waals surface area contributed by atoms with Crippen molar-refractivity contribution in [3.05, 3.63) is 62.7 Å². The predicted octanol–water partition coefficient (Wildman–Crippen LogP) is 3.02. The van der Waals surface area contributed by atoms with Crippen LogP contribution in [0.25, 0.3) is 10.8 Å². The highest BCUT2D eigenvalue weighted by Gasteiger charge is 2.16. The Morgan fingerprint density at radius 1 is 1.28 bits per heavy atom. The van der Waals surface area contributed by atoms with Gasteiger partial charge < -0.3 is 0 Å². The van der Waals surface area contributed by atoms with Crippen LogP contribution in [0.2, 0.25) is 0 Å². The molecule has 128 valence electrons. The van der Waals surface area contributed by atoms with E-state index in [0.717, 1.165) is 17.7 Å². The Bertz CT molecular complexity index is 961. The summed E-state index contributed by atoms with van der Waals surface area (Å²) in [5.41, 5.74) is 2.52. The summed E-state index contributed by atoms with van der Waals surface area (Å²) < 4.78 is 1.36. The molecule has 0 saturated carbocycles. The predicted molar refractivity (Wildman–Crippen MR) is 100 cm³/mol. The largest absolute Gasteiger partial charge is 0.292 e. The summed E-state index contributed by atoms with van der Waals surface area (Å²) >= 11 is 1.52. The number of unbranched alkanes of at least 4 members (excludes halogenated alkanes) is 1. The number of carbonyl (C=O) groups is 1. The normalized spacial score (nSPS) is 11.2. The molecule has 0 aliphatic carbocycles. The van der Waals surface area contributed by atoms with Crippen molar-refractivity contribution in [3.8, 4) is 0 Å². The number of hydrogen-bond donors (Lipinski definition) is 1. The van der Waals surface area contributed by atoms with E-state index in [-0.39, 0.29) is 11.3 Å². The van der Waals surface area contributed by atoms with E-state index < -0.39 is 5.91 Å². The highest BCUT2D eigenvalue weighted by atomic mass is 32.1. The monoisotopic (exact) mass is 354 g/mol. The minimum atomic E-state index is -0.436. The van der Waals surface area contributed by atoms with Gasteiger partial charge in [0.2, 0.25) is 0 Å². The molecule has 0 spiro atoms. The Kier molecular flexibility index (Phi) is 5.35. The number of amides is 1. The minimum absolute atomic E-state index is 0.178. The Morgan fingerprint density at radius 3 is 2.80 bits per heavy atom. The summed E-state index contributed by atoms with van der Waals surface area (Å²) in [4.78, 5) is 26.0. The Hall–Kier alpha value is -2.80. The second-order valence-corrected chi connectivity index (χ2v) is 6.47. The zero-order valence-corrected chi connectivity index (χ0v) is 14.6. The lowest BCUT2D eigenvalue weighted by Gasteiger charge is -2.09. The lowest BCUT2D eigenvalue weighted by Crippen LogP contribution is -2.29. The third-order valence-electron chi connectivity index (χ3n) is 3.71. The van der Waals surface area contributed by atoms with Crippen LogP contribution < -0.4 is 11.0 Å². The maximum absolute atomic E-state index is 12.5. The number of aromatic nitrogens is 2. The first-order valence-corrected chi connectivity index (χ1v) is 8.95. The summed E-state index contributed by atoms with van der Waals surface area (Å²) in [5.74, 6) is -0.436. The zero-order chi connectivity index (χ0) is 17.6. The maximum atomic E-state index is 12.5. The van der Waals surface area contributed by atoms with E-state index in [0.29, 0.717) is 17.3 Å². The van der Waals surface area contributed by atoms with Crippen LogP contribution in [0.1, 0.15) is 35.1 Å². The van der Waals surface area contributed by atoms with Crippen molar-refractivity contribution in [2.45, 2.75) is 26.3 Å². The molecule has 0 radical (unpaired) electrons. The van der Waals surface area contributed by atoms with Crippen LogP contribution in [-0.4, -0.2) is 21.9 Å². The highest BCUT2D eigenvalue weighted by molar-refractivity contribution is 7.11. The molecule has 1 N–H and O–H groups in total. The Labute approximate surface area is 148 Å². The number of nitrogens with one attached hydrogen (secondary N) is 1. The standard InChI is InChI=1S/C18H18N4O2S/c1-2-3-10-22-18(24)15-9-5-4-8-14(15)16(21-22)17(23)20-19-12-13-7-6-11-25-13/h4-9,11-12H,2-3,10H2,1H3,(H,20,23)/b19-12-. The van der Waals surface area contributed by atoms with Gasteiger partial charge in [0.1, 0.15) is 0 Å². The van der Waals surface area contributed by atoms with Crippen LogP contribution in [0.15, 0.2) is 51.7 Å². The van der Waals surface area contributed by atoms with Gasteiger partial charge in [-0.2, -0.15) is 10.2 Å². The number of benzene rings is 1. The smallest absolute Gasteiger partial charge is 0.267 e. The van der Waals surface area contributed by atoms with E-state index in [1.165, 1.54) is 16.0 Å². The van der Waals surface area contributed by atoms with Gasteiger partial charge in [0, 0.05) is 16.8 Å². The molecule has 0 bridgehead atoms. The molecular weight excluding hydrogens is 336 g/mol. The summed E-state index contributed by atoms with van der Waals surface area (Å²) in [6.07, 6.45) is 3.34. The van der Waals surface area contributed by atoms with Crippen LogP contribution in [0.5, 0.6) is 0 Å². The average molecular weight is 354 g/mol. The third kappa shape index (κ3) is 3.83. The molecule has 0 aliphatic heterocycles. The van der Waals surface area contributed by atoms with Crippen molar-refractivity contribution in [2.24, 2.45) is 5.10 Å². The number of hydrogen-bond acceptors (Lipinski definition) is 5. The molecule has 2 aromatic heterocycles. The van der Waals surface area contributed by atoms with Crippen molar-refractivity contribution in [1.82, 2.24) is 15.2 Å². The molecule has 0 unspecified atom stereocenters. The second-order valence-electron chi connectivity index (χ2n) is 5.49. The number of aryl methyl sites for hydroxylation is 1. The Morgan fingerprint density at radius 2 is 2.08 bits per heavy atom.